The normalized spacial score (nSPS) is 9.82. The molecule has 62 valence electrons. The van der Waals surface area contributed by atoms with Crippen LogP contribution in [0.3, 0.4) is 0 Å². The molecular weight excluding hydrogens is 159 g/mol. The van der Waals surface area contributed by atoms with Gasteiger partial charge in [0.2, 0.25) is 0 Å². The van der Waals surface area contributed by atoms with Gasteiger partial charge >= 0.3 is 51.4 Å². The maximum absolute atomic E-state index is 2.27. The fraction of sp³-hybridized carbons (Fsp3) is 0.900. The molecule has 0 saturated carbocycles. The molecule has 0 aliphatic rings. The van der Waals surface area contributed by atoms with E-state index in [1.54, 1.807) is 5.92 Å². The van der Waals surface area contributed by atoms with Crippen molar-refractivity contribution in [1.29, 1.82) is 0 Å². The molecule has 0 spiro atoms. The van der Waals surface area contributed by atoms with E-state index in [9.17, 15) is 0 Å². The van der Waals surface area contributed by atoms with E-state index in [0.717, 1.165) is 0 Å². The Hall–Kier alpha value is 1.64. The van der Waals surface area contributed by atoms with E-state index in [1.165, 1.54) is 38.5 Å². The standard InChI is InChI=1S/C10H21.K/c1-4-7-8-9-10(5-2)6-3;/h4-9H2,1-3H3;/q-1;+1. The maximum atomic E-state index is 2.27. The van der Waals surface area contributed by atoms with Gasteiger partial charge in [0.15, 0.2) is 0 Å². The largest absolute Gasteiger partial charge is 1.00 e. The molecule has 0 bridgehead atoms. The maximum Gasteiger partial charge on any atom is 1.00 e. The van der Waals surface area contributed by atoms with Crippen molar-refractivity contribution in [2.45, 2.75) is 59.3 Å². The predicted molar refractivity (Wildman–Crippen MR) is 48.0 cm³/mol. The van der Waals surface area contributed by atoms with Crippen LogP contribution in [0.15, 0.2) is 0 Å². The van der Waals surface area contributed by atoms with Gasteiger partial charge in [0, 0.05) is 0 Å². The molecule has 0 fully saturated rings. The third-order valence-corrected chi connectivity index (χ3v) is 2.13. The number of hydrogen-bond donors (Lipinski definition) is 0. The average Bonchev–Trinajstić information content (AvgIpc) is 1.99. The van der Waals surface area contributed by atoms with Gasteiger partial charge in [-0.25, -0.2) is 0 Å². The Kier molecular flexibility index (Phi) is 16.0. The summed E-state index contributed by atoms with van der Waals surface area (Å²) in [6, 6.07) is 0. The second kappa shape index (κ2) is 11.6. The Labute approximate surface area is 115 Å². The molecule has 0 unspecified atom stereocenters. The topological polar surface area (TPSA) is 0 Å². The SMILES string of the molecule is CCCCC[C-](CC)CC.[K+]. The van der Waals surface area contributed by atoms with Crippen LogP contribution in [0.1, 0.15) is 59.3 Å². The summed E-state index contributed by atoms with van der Waals surface area (Å²) in [6.45, 7) is 6.80. The molecule has 0 saturated heterocycles. The fourth-order valence-corrected chi connectivity index (χ4v) is 1.23. The Balaban J connectivity index is 0. The first kappa shape index (κ1) is 15.1. The average molecular weight is 180 g/mol. The van der Waals surface area contributed by atoms with Crippen molar-refractivity contribution in [3.05, 3.63) is 5.92 Å². The molecule has 0 N–H and O–H groups in total. The van der Waals surface area contributed by atoms with Gasteiger partial charge in [-0.05, 0) is 0 Å². The van der Waals surface area contributed by atoms with Crippen molar-refractivity contribution in [2.24, 2.45) is 0 Å². The predicted octanol–water partition coefficient (Wildman–Crippen LogP) is 0.965. The smallest absolute Gasteiger partial charge is 0.314 e. The summed E-state index contributed by atoms with van der Waals surface area (Å²) < 4.78 is 0. The third kappa shape index (κ3) is 9.55. The van der Waals surface area contributed by atoms with Gasteiger partial charge < -0.3 is 5.92 Å². The quantitative estimate of drug-likeness (QED) is 0.324. The van der Waals surface area contributed by atoms with Crippen molar-refractivity contribution >= 4 is 0 Å². The van der Waals surface area contributed by atoms with E-state index in [4.69, 9.17) is 0 Å². The van der Waals surface area contributed by atoms with Gasteiger partial charge in [-0.1, -0.05) is 40.0 Å². The van der Waals surface area contributed by atoms with Gasteiger partial charge in [0.05, 0.1) is 0 Å². The molecule has 0 rings (SSSR count). The zero-order valence-electron chi connectivity index (χ0n) is 8.74. The van der Waals surface area contributed by atoms with Crippen LogP contribution in [-0.4, -0.2) is 0 Å². The number of hydrogen-bond acceptors (Lipinski definition) is 0. The molecule has 0 nitrogen and oxygen atoms in total. The first-order valence-electron chi connectivity index (χ1n) is 4.68. The molecule has 0 aromatic carbocycles. The van der Waals surface area contributed by atoms with E-state index in [1.807, 2.05) is 0 Å². The Morgan fingerprint density at radius 2 is 1.45 bits per heavy atom. The Morgan fingerprint density at radius 1 is 0.909 bits per heavy atom. The van der Waals surface area contributed by atoms with E-state index >= 15 is 0 Å². The zero-order valence-corrected chi connectivity index (χ0v) is 11.9. The van der Waals surface area contributed by atoms with Crippen LogP contribution in [0.5, 0.6) is 0 Å². The van der Waals surface area contributed by atoms with Crippen LogP contribution in [0.2, 0.25) is 0 Å². The molecule has 0 amide bonds. The minimum absolute atomic E-state index is 0. The van der Waals surface area contributed by atoms with Crippen LogP contribution < -0.4 is 51.4 Å². The van der Waals surface area contributed by atoms with Crippen LogP contribution in [-0.2, 0) is 0 Å². The van der Waals surface area contributed by atoms with Crippen LogP contribution in [0.25, 0.3) is 0 Å². The molecule has 0 aliphatic carbocycles. The van der Waals surface area contributed by atoms with E-state index in [2.05, 4.69) is 20.8 Å². The van der Waals surface area contributed by atoms with Crippen molar-refractivity contribution in [3.63, 3.8) is 0 Å². The van der Waals surface area contributed by atoms with Gasteiger partial charge in [-0.15, -0.1) is 0 Å². The molecule has 0 heterocycles. The molecule has 0 atom stereocenters. The summed E-state index contributed by atoms with van der Waals surface area (Å²) in [4.78, 5) is 0. The van der Waals surface area contributed by atoms with Crippen molar-refractivity contribution in [1.82, 2.24) is 0 Å². The van der Waals surface area contributed by atoms with Gasteiger partial charge in [0.25, 0.3) is 0 Å². The first-order chi connectivity index (χ1) is 4.85. The molecule has 0 aromatic heterocycles. The first-order valence-corrected chi connectivity index (χ1v) is 4.68. The summed E-state index contributed by atoms with van der Waals surface area (Å²) in [6.07, 6.45) is 8.12. The molecule has 0 radical (unpaired) electrons. The monoisotopic (exact) mass is 180 g/mol. The van der Waals surface area contributed by atoms with Gasteiger partial charge in [-0.3, -0.25) is 0 Å². The van der Waals surface area contributed by atoms with Crippen LogP contribution in [0, 0.1) is 5.92 Å². The summed E-state index contributed by atoms with van der Waals surface area (Å²) in [7, 11) is 0. The Bertz CT molecular complexity index is 57.9. The summed E-state index contributed by atoms with van der Waals surface area (Å²) in [5.41, 5.74) is 0. The molecular formula is C10H21K. The van der Waals surface area contributed by atoms with E-state index in [-0.39, 0.29) is 51.4 Å². The van der Waals surface area contributed by atoms with Crippen LogP contribution >= 0.6 is 0 Å². The van der Waals surface area contributed by atoms with Crippen LogP contribution in [0.4, 0.5) is 0 Å². The number of rotatable bonds is 6. The second-order valence-corrected chi connectivity index (χ2v) is 2.91. The molecule has 0 aromatic rings. The number of unbranched alkanes of at least 4 members (excludes halogenated alkanes) is 2. The molecule has 0 aliphatic heterocycles. The molecule has 11 heavy (non-hydrogen) atoms. The molecule has 1 heteroatoms. The van der Waals surface area contributed by atoms with E-state index < -0.39 is 0 Å². The summed E-state index contributed by atoms with van der Waals surface area (Å²) in [5, 5.41) is 0. The van der Waals surface area contributed by atoms with Crippen molar-refractivity contribution in [2.75, 3.05) is 0 Å². The van der Waals surface area contributed by atoms with Gasteiger partial charge in [-0.2, -0.15) is 19.3 Å². The minimum atomic E-state index is 0. The second-order valence-electron chi connectivity index (χ2n) is 2.91. The summed E-state index contributed by atoms with van der Waals surface area (Å²) >= 11 is 0. The summed E-state index contributed by atoms with van der Waals surface area (Å²) in [5.74, 6) is 1.74. The Morgan fingerprint density at radius 3 is 1.82 bits per heavy atom. The fourth-order valence-electron chi connectivity index (χ4n) is 1.23. The van der Waals surface area contributed by atoms with Crippen molar-refractivity contribution < 1.29 is 51.4 Å². The zero-order chi connectivity index (χ0) is 7.82. The van der Waals surface area contributed by atoms with Gasteiger partial charge in [0.1, 0.15) is 0 Å². The van der Waals surface area contributed by atoms with Crippen molar-refractivity contribution in [3.8, 4) is 0 Å². The van der Waals surface area contributed by atoms with E-state index in [0.29, 0.717) is 0 Å². The minimum Gasteiger partial charge on any atom is -0.314 e. The third-order valence-electron chi connectivity index (χ3n) is 2.13.